The summed E-state index contributed by atoms with van der Waals surface area (Å²) in [6.07, 6.45) is 6.62. The van der Waals surface area contributed by atoms with E-state index in [1.165, 1.54) is 22.3 Å². The van der Waals surface area contributed by atoms with Crippen LogP contribution in [0.4, 0.5) is 0 Å². The van der Waals surface area contributed by atoms with Crippen LogP contribution in [0.25, 0.3) is 0 Å². The molecule has 2 aliphatic carbocycles. The number of ether oxygens (including phenoxy) is 4. The van der Waals surface area contributed by atoms with Crippen LogP contribution in [0.5, 0.6) is 11.5 Å². The number of methoxy groups -OCH3 is 2. The van der Waals surface area contributed by atoms with Crippen LogP contribution < -0.4 is 14.8 Å². The van der Waals surface area contributed by atoms with Gasteiger partial charge in [-0.15, -0.1) is 19.0 Å². The molecule has 2 heterocycles. The highest BCUT2D eigenvalue weighted by atomic mass is 35.5. The van der Waals surface area contributed by atoms with Gasteiger partial charge in [0.2, 0.25) is 0 Å². The van der Waals surface area contributed by atoms with Crippen molar-refractivity contribution in [1.29, 1.82) is 0 Å². The summed E-state index contributed by atoms with van der Waals surface area (Å²) in [5, 5.41) is 3.53. The van der Waals surface area contributed by atoms with Gasteiger partial charge < -0.3 is 24.3 Å². The summed E-state index contributed by atoms with van der Waals surface area (Å²) < 4.78 is 22.7. The lowest BCUT2D eigenvalue weighted by atomic mass is 9.84. The zero-order valence-corrected chi connectivity index (χ0v) is 22.2. The predicted octanol–water partition coefficient (Wildman–Crippen LogP) is 3.62. The lowest BCUT2D eigenvalue weighted by molar-refractivity contribution is -0.0701. The molecular formula is C29H39ClN2O4. The number of benzene rings is 2. The van der Waals surface area contributed by atoms with Crippen LogP contribution in [0.3, 0.4) is 0 Å². The van der Waals surface area contributed by atoms with Crippen molar-refractivity contribution in [3.05, 3.63) is 71.3 Å². The molecule has 0 unspecified atom stereocenters. The lowest BCUT2D eigenvalue weighted by Crippen LogP contribution is -2.54. The summed E-state index contributed by atoms with van der Waals surface area (Å²) in [6.45, 7) is 8.43. The largest absolute Gasteiger partial charge is 0.496 e. The van der Waals surface area contributed by atoms with E-state index in [0.29, 0.717) is 18.2 Å². The van der Waals surface area contributed by atoms with Crippen LogP contribution in [0.1, 0.15) is 22.3 Å². The van der Waals surface area contributed by atoms with Crippen LogP contribution >= 0.6 is 12.4 Å². The van der Waals surface area contributed by atoms with Crippen LogP contribution in [0, 0.1) is 0 Å². The molecule has 7 heteroatoms. The molecule has 4 atom stereocenters. The van der Waals surface area contributed by atoms with Gasteiger partial charge in [0, 0.05) is 44.6 Å². The molecule has 0 spiro atoms. The first-order chi connectivity index (χ1) is 17.2. The van der Waals surface area contributed by atoms with Crippen molar-refractivity contribution >= 4 is 12.4 Å². The summed E-state index contributed by atoms with van der Waals surface area (Å²) in [7, 11) is 3.48. The molecule has 0 saturated carbocycles. The molecule has 0 aromatic heterocycles. The third-order valence-corrected chi connectivity index (χ3v) is 7.84. The third-order valence-electron chi connectivity index (χ3n) is 7.84. The molecule has 2 aliphatic heterocycles. The van der Waals surface area contributed by atoms with E-state index in [1.807, 2.05) is 18.2 Å². The van der Waals surface area contributed by atoms with E-state index in [-0.39, 0.29) is 18.5 Å². The summed E-state index contributed by atoms with van der Waals surface area (Å²) in [4.78, 5) is 2.49. The Hall–Kier alpha value is -2.09. The first-order valence-electron chi connectivity index (χ1n) is 12.8. The van der Waals surface area contributed by atoms with Crippen molar-refractivity contribution in [2.45, 2.75) is 50.0 Å². The Bertz CT molecular complexity index is 1030. The summed E-state index contributed by atoms with van der Waals surface area (Å²) in [5.41, 5.74) is 5.46. The Labute approximate surface area is 221 Å². The highest BCUT2D eigenvalue weighted by molar-refractivity contribution is 5.85. The van der Waals surface area contributed by atoms with Gasteiger partial charge in [-0.2, -0.15) is 0 Å². The summed E-state index contributed by atoms with van der Waals surface area (Å²) in [5.74, 6) is 2.01. The Balaban J connectivity index is 0.000000167. The van der Waals surface area contributed by atoms with Crippen LogP contribution in [0.2, 0.25) is 0 Å². The van der Waals surface area contributed by atoms with Crippen molar-refractivity contribution < 1.29 is 18.9 Å². The van der Waals surface area contributed by atoms with Crippen molar-refractivity contribution in [1.82, 2.24) is 10.2 Å². The minimum absolute atomic E-state index is 0. The Morgan fingerprint density at radius 3 is 2.22 bits per heavy atom. The van der Waals surface area contributed by atoms with E-state index < -0.39 is 0 Å². The number of hydrogen-bond acceptors (Lipinski definition) is 6. The Kier molecular flexibility index (Phi) is 9.31. The van der Waals surface area contributed by atoms with Crippen molar-refractivity contribution in [3.8, 4) is 11.5 Å². The Morgan fingerprint density at radius 1 is 0.917 bits per heavy atom. The molecule has 2 aromatic carbocycles. The lowest BCUT2D eigenvalue weighted by Gasteiger charge is -2.44. The van der Waals surface area contributed by atoms with Crippen molar-refractivity contribution in [2.24, 2.45) is 0 Å². The second kappa shape index (κ2) is 12.4. The maximum Gasteiger partial charge on any atom is 0.122 e. The molecule has 36 heavy (non-hydrogen) atoms. The van der Waals surface area contributed by atoms with Crippen molar-refractivity contribution in [2.75, 3.05) is 47.1 Å². The van der Waals surface area contributed by atoms with Gasteiger partial charge in [-0.1, -0.05) is 30.3 Å². The fourth-order valence-electron chi connectivity index (χ4n) is 6.10. The third kappa shape index (κ3) is 5.58. The van der Waals surface area contributed by atoms with E-state index >= 15 is 0 Å². The molecule has 0 amide bonds. The fourth-order valence-corrected chi connectivity index (χ4v) is 6.10. The van der Waals surface area contributed by atoms with E-state index in [0.717, 1.165) is 70.0 Å². The minimum Gasteiger partial charge on any atom is -0.496 e. The quantitative estimate of drug-likeness (QED) is 0.629. The number of hydrogen-bond donors (Lipinski definition) is 1. The first-order valence-corrected chi connectivity index (χ1v) is 12.8. The maximum absolute atomic E-state index is 5.98. The summed E-state index contributed by atoms with van der Waals surface area (Å²) >= 11 is 0. The molecule has 6 nitrogen and oxygen atoms in total. The predicted molar refractivity (Wildman–Crippen MR) is 145 cm³/mol. The molecule has 4 aliphatic rings. The average Bonchev–Trinajstić information content (AvgIpc) is 2.91. The van der Waals surface area contributed by atoms with Gasteiger partial charge in [-0.05, 0) is 47.2 Å². The van der Waals surface area contributed by atoms with E-state index in [2.05, 4.69) is 41.1 Å². The second-order valence-electron chi connectivity index (χ2n) is 9.74. The van der Waals surface area contributed by atoms with Gasteiger partial charge in [0.05, 0.1) is 39.6 Å². The number of morpholine rings is 2. The van der Waals surface area contributed by atoms with Crippen LogP contribution in [0.15, 0.2) is 49.1 Å². The molecule has 0 bridgehead atoms. The van der Waals surface area contributed by atoms with E-state index in [9.17, 15) is 0 Å². The highest BCUT2D eigenvalue weighted by Gasteiger charge is 2.37. The molecule has 6 rings (SSSR count). The normalized spacial score (nSPS) is 26.4. The topological polar surface area (TPSA) is 52.2 Å². The van der Waals surface area contributed by atoms with Crippen molar-refractivity contribution in [3.63, 3.8) is 0 Å². The van der Waals surface area contributed by atoms with Gasteiger partial charge in [-0.25, -0.2) is 0 Å². The van der Waals surface area contributed by atoms with E-state index in [1.54, 1.807) is 14.2 Å². The monoisotopic (exact) mass is 514 g/mol. The molecular weight excluding hydrogens is 476 g/mol. The van der Waals surface area contributed by atoms with E-state index in [4.69, 9.17) is 18.9 Å². The number of nitrogens with one attached hydrogen (secondary N) is 1. The second-order valence-corrected chi connectivity index (χ2v) is 9.74. The molecule has 1 N–H and O–H groups in total. The van der Waals surface area contributed by atoms with Crippen LogP contribution in [-0.2, 0) is 35.2 Å². The van der Waals surface area contributed by atoms with Gasteiger partial charge >= 0.3 is 0 Å². The molecule has 196 valence electrons. The number of halogens is 1. The smallest absolute Gasteiger partial charge is 0.122 e. The molecule has 2 aromatic rings. The minimum atomic E-state index is 0. The highest BCUT2D eigenvalue weighted by Crippen LogP contribution is 2.34. The Morgan fingerprint density at radius 2 is 1.56 bits per heavy atom. The summed E-state index contributed by atoms with van der Waals surface area (Å²) in [6, 6.07) is 13.6. The van der Waals surface area contributed by atoms with Gasteiger partial charge in [-0.3, -0.25) is 4.90 Å². The maximum atomic E-state index is 5.98. The molecule has 0 radical (unpaired) electrons. The van der Waals surface area contributed by atoms with Crippen LogP contribution in [-0.4, -0.2) is 76.3 Å². The average molecular weight is 515 g/mol. The first kappa shape index (κ1) is 27.0. The standard InChI is InChI=1S/C16H21NO2.C13H17NO2.ClH/c1-3-7-17-8-9-19-16-11-13-12(10-14(16)17)5-4-6-15(13)18-2;1-15-12-4-2-3-9-7-11-13(8-10(9)12)16-6-5-14-11;/h3-6,14,16H,1,7-11H2,2H3;2-4,11,13-14H,5-8H2,1H3;1H/t14-,16-;11-,13-;/m11./s1. The molecule has 2 saturated heterocycles. The number of nitrogens with zero attached hydrogens (tertiary/aromatic N) is 1. The van der Waals surface area contributed by atoms with Gasteiger partial charge in [0.25, 0.3) is 0 Å². The zero-order valence-electron chi connectivity index (χ0n) is 21.4. The number of rotatable bonds is 4. The van der Waals surface area contributed by atoms with Gasteiger partial charge in [0.1, 0.15) is 11.5 Å². The zero-order chi connectivity index (χ0) is 24.2. The number of fused-ring (bicyclic) bond motifs is 4. The fraction of sp³-hybridized carbons (Fsp3) is 0.517. The molecule has 2 fully saturated rings. The van der Waals surface area contributed by atoms with Gasteiger partial charge in [0.15, 0.2) is 0 Å². The SMILES string of the molecule is C=CCN1CCO[C@@H]2Cc3c(cccc3OC)C[C@H]21.COc1cccc2c1C[C@H]1OCCN[C@@H]1C2.Cl.